The van der Waals surface area contributed by atoms with Crippen LogP contribution in [0.1, 0.15) is 47.7 Å². The van der Waals surface area contributed by atoms with E-state index in [2.05, 4.69) is 0 Å². The van der Waals surface area contributed by atoms with Crippen LogP contribution in [0.3, 0.4) is 0 Å². The van der Waals surface area contributed by atoms with Crippen LogP contribution in [0.5, 0.6) is 0 Å². The molecule has 1 aliphatic rings. The first-order valence-corrected chi connectivity index (χ1v) is 10.8. The number of pyridine rings is 1. The maximum Gasteiger partial charge on any atom is 0.222 e. The topological polar surface area (TPSA) is 33.2 Å². The smallest absolute Gasteiger partial charge is 0.222 e. The van der Waals surface area contributed by atoms with Gasteiger partial charge >= 0.3 is 0 Å². The first kappa shape index (κ1) is 21.2. The Morgan fingerprint density at radius 1 is 0.968 bits per heavy atom. The largest absolute Gasteiger partial charge is 0.342 e. The molecular formula is C26H26F2N2O. The first-order chi connectivity index (χ1) is 15.1. The van der Waals surface area contributed by atoms with Gasteiger partial charge in [0.1, 0.15) is 11.6 Å². The van der Waals surface area contributed by atoms with Crippen molar-refractivity contribution in [2.24, 2.45) is 0 Å². The number of carbonyl (C=O) groups is 1. The maximum atomic E-state index is 13.5. The second-order valence-corrected chi connectivity index (χ2v) is 8.17. The summed E-state index contributed by atoms with van der Waals surface area (Å²) in [7, 11) is 0. The van der Waals surface area contributed by atoms with Crippen LogP contribution in [0.4, 0.5) is 8.78 Å². The number of carbonyl (C=O) groups excluding carboxylic acids is 1. The predicted octanol–water partition coefficient (Wildman–Crippen LogP) is 5.29. The zero-order valence-corrected chi connectivity index (χ0v) is 17.4. The SMILES string of the molecule is O=C(CCc1ccc(F)cc1)N1CCC[C@H](c2cccc(Cc3cccc(F)c3)n2)C1. The van der Waals surface area contributed by atoms with Gasteiger partial charge in [-0.1, -0.05) is 30.3 Å². The standard InChI is InChI=1S/C26H26F2N2O/c27-22-12-9-19(10-13-22)11-14-26(31)30-15-3-5-21(18-30)25-8-2-7-24(29-25)17-20-4-1-6-23(28)16-20/h1-2,4,6-10,12-13,16,21H,3,5,11,14-15,17-18H2/t21-/m0/s1. The third-order valence-electron chi connectivity index (χ3n) is 5.84. The van der Waals surface area contributed by atoms with Crippen molar-refractivity contribution in [3.05, 3.63) is 101 Å². The van der Waals surface area contributed by atoms with Gasteiger partial charge in [0.05, 0.1) is 0 Å². The van der Waals surface area contributed by atoms with Gasteiger partial charge in [0.2, 0.25) is 5.91 Å². The second kappa shape index (κ2) is 9.82. The molecule has 31 heavy (non-hydrogen) atoms. The maximum absolute atomic E-state index is 13.5. The number of likely N-dealkylation sites (tertiary alicyclic amines) is 1. The minimum Gasteiger partial charge on any atom is -0.342 e. The molecule has 0 spiro atoms. The van der Waals surface area contributed by atoms with Gasteiger partial charge in [0, 0.05) is 43.2 Å². The molecule has 0 aliphatic carbocycles. The number of amides is 1. The molecule has 2 aromatic carbocycles. The Kier molecular flexibility index (Phi) is 6.70. The fourth-order valence-electron chi connectivity index (χ4n) is 4.19. The lowest BCUT2D eigenvalue weighted by molar-refractivity contribution is -0.132. The predicted molar refractivity (Wildman–Crippen MR) is 117 cm³/mol. The number of halogens is 2. The highest BCUT2D eigenvalue weighted by molar-refractivity contribution is 5.76. The first-order valence-electron chi connectivity index (χ1n) is 10.8. The lowest BCUT2D eigenvalue weighted by atomic mass is 9.93. The summed E-state index contributed by atoms with van der Waals surface area (Å²) in [6, 6.07) is 18.9. The number of hydrogen-bond acceptors (Lipinski definition) is 2. The van der Waals surface area contributed by atoms with Crippen LogP contribution in [0.15, 0.2) is 66.7 Å². The van der Waals surface area contributed by atoms with Crippen LogP contribution in [0.25, 0.3) is 0 Å². The van der Waals surface area contributed by atoms with E-state index in [1.165, 1.54) is 24.3 Å². The van der Waals surface area contributed by atoms with Gasteiger partial charge in [-0.15, -0.1) is 0 Å². The van der Waals surface area contributed by atoms with Gasteiger partial charge in [-0.3, -0.25) is 9.78 Å². The van der Waals surface area contributed by atoms with E-state index in [-0.39, 0.29) is 23.5 Å². The second-order valence-electron chi connectivity index (χ2n) is 8.17. The number of rotatable bonds is 6. The van der Waals surface area contributed by atoms with E-state index in [1.54, 1.807) is 18.2 Å². The minimum absolute atomic E-state index is 0.130. The Balaban J connectivity index is 1.37. The average molecular weight is 421 g/mol. The lowest BCUT2D eigenvalue weighted by Crippen LogP contribution is -2.39. The third-order valence-corrected chi connectivity index (χ3v) is 5.84. The van der Waals surface area contributed by atoms with E-state index in [0.717, 1.165) is 41.9 Å². The zero-order chi connectivity index (χ0) is 21.6. The summed E-state index contributed by atoms with van der Waals surface area (Å²) in [5, 5.41) is 0. The number of nitrogens with zero attached hydrogens (tertiary/aromatic N) is 2. The quantitative estimate of drug-likeness (QED) is 0.543. The van der Waals surface area contributed by atoms with Gasteiger partial charge < -0.3 is 4.90 Å². The Morgan fingerprint density at radius 2 is 1.77 bits per heavy atom. The Morgan fingerprint density at radius 3 is 2.58 bits per heavy atom. The average Bonchev–Trinajstić information content (AvgIpc) is 2.79. The fourth-order valence-corrected chi connectivity index (χ4v) is 4.19. The molecule has 2 heterocycles. The van der Waals surface area contributed by atoms with Crippen molar-refractivity contribution >= 4 is 5.91 Å². The number of benzene rings is 2. The summed E-state index contributed by atoms with van der Waals surface area (Å²) < 4.78 is 26.5. The van der Waals surface area contributed by atoms with Crippen molar-refractivity contribution in [3.8, 4) is 0 Å². The van der Waals surface area contributed by atoms with Crippen molar-refractivity contribution in [3.63, 3.8) is 0 Å². The van der Waals surface area contributed by atoms with Gasteiger partial charge in [-0.05, 0) is 66.8 Å². The number of aryl methyl sites for hydroxylation is 1. The summed E-state index contributed by atoms with van der Waals surface area (Å²) in [5.74, 6) is -0.169. The number of hydrogen-bond donors (Lipinski definition) is 0. The molecule has 4 rings (SSSR count). The van der Waals surface area contributed by atoms with Gasteiger partial charge in [-0.2, -0.15) is 0 Å². The zero-order valence-electron chi connectivity index (χ0n) is 17.4. The van der Waals surface area contributed by atoms with Crippen molar-refractivity contribution in [1.82, 2.24) is 9.88 Å². The number of piperidine rings is 1. The summed E-state index contributed by atoms with van der Waals surface area (Å²) in [6.45, 7) is 1.43. The molecule has 1 fully saturated rings. The summed E-state index contributed by atoms with van der Waals surface area (Å²) >= 11 is 0. The van der Waals surface area contributed by atoms with E-state index < -0.39 is 0 Å². The van der Waals surface area contributed by atoms with Gasteiger partial charge in [0.25, 0.3) is 0 Å². The van der Waals surface area contributed by atoms with Crippen molar-refractivity contribution < 1.29 is 13.6 Å². The van der Waals surface area contributed by atoms with Crippen LogP contribution in [-0.2, 0) is 17.6 Å². The molecular weight excluding hydrogens is 394 g/mol. The molecule has 0 N–H and O–H groups in total. The van der Waals surface area contributed by atoms with Crippen molar-refractivity contribution in [1.29, 1.82) is 0 Å². The molecule has 1 aliphatic heterocycles. The van der Waals surface area contributed by atoms with E-state index >= 15 is 0 Å². The summed E-state index contributed by atoms with van der Waals surface area (Å²) in [5.41, 5.74) is 3.76. The Labute approximate surface area is 181 Å². The molecule has 1 saturated heterocycles. The molecule has 0 bridgehead atoms. The Bertz CT molecular complexity index is 1040. The van der Waals surface area contributed by atoms with Crippen LogP contribution in [-0.4, -0.2) is 28.9 Å². The van der Waals surface area contributed by atoms with Crippen LogP contribution in [0.2, 0.25) is 0 Å². The Hall–Kier alpha value is -3.08. The molecule has 0 radical (unpaired) electrons. The molecule has 160 valence electrons. The molecule has 1 aromatic heterocycles. The molecule has 1 atom stereocenters. The lowest BCUT2D eigenvalue weighted by Gasteiger charge is -2.32. The van der Waals surface area contributed by atoms with E-state index in [9.17, 15) is 13.6 Å². The molecule has 5 heteroatoms. The van der Waals surface area contributed by atoms with Crippen LogP contribution >= 0.6 is 0 Å². The fraction of sp³-hybridized carbons (Fsp3) is 0.308. The molecule has 1 amide bonds. The highest BCUT2D eigenvalue weighted by atomic mass is 19.1. The highest BCUT2D eigenvalue weighted by Gasteiger charge is 2.25. The molecule has 0 unspecified atom stereocenters. The highest BCUT2D eigenvalue weighted by Crippen LogP contribution is 2.26. The summed E-state index contributed by atoms with van der Waals surface area (Å²) in [6.07, 6.45) is 3.56. The molecule has 3 aromatic rings. The number of aromatic nitrogens is 1. The van der Waals surface area contributed by atoms with Crippen LogP contribution < -0.4 is 0 Å². The van der Waals surface area contributed by atoms with Crippen molar-refractivity contribution in [2.45, 2.75) is 38.0 Å². The third kappa shape index (κ3) is 5.75. The van der Waals surface area contributed by atoms with Crippen LogP contribution in [0, 0.1) is 11.6 Å². The van der Waals surface area contributed by atoms with Crippen molar-refractivity contribution in [2.75, 3.05) is 13.1 Å². The molecule has 0 saturated carbocycles. The minimum atomic E-state index is -0.263. The normalized spacial score (nSPS) is 16.3. The summed E-state index contributed by atoms with van der Waals surface area (Å²) in [4.78, 5) is 19.5. The monoisotopic (exact) mass is 420 g/mol. The molecule has 3 nitrogen and oxygen atoms in total. The van der Waals surface area contributed by atoms with E-state index in [4.69, 9.17) is 4.98 Å². The van der Waals surface area contributed by atoms with E-state index in [0.29, 0.717) is 25.8 Å². The van der Waals surface area contributed by atoms with Gasteiger partial charge in [-0.25, -0.2) is 8.78 Å². The van der Waals surface area contributed by atoms with E-state index in [1.807, 2.05) is 29.2 Å². The van der Waals surface area contributed by atoms with Gasteiger partial charge in [0.15, 0.2) is 0 Å².